The lowest BCUT2D eigenvalue weighted by atomic mass is 9.98. The Labute approximate surface area is 113 Å². The van der Waals surface area contributed by atoms with E-state index in [0.29, 0.717) is 12.0 Å². The van der Waals surface area contributed by atoms with E-state index in [0.717, 1.165) is 18.8 Å². The van der Waals surface area contributed by atoms with Gasteiger partial charge in [-0.2, -0.15) is 11.8 Å². The molecule has 0 aliphatic carbocycles. The lowest BCUT2D eigenvalue weighted by Gasteiger charge is -2.23. The van der Waals surface area contributed by atoms with Crippen LogP contribution in [0.15, 0.2) is 24.3 Å². The lowest BCUT2D eigenvalue weighted by molar-refractivity contribution is 0.192. The van der Waals surface area contributed by atoms with Crippen LogP contribution in [0.3, 0.4) is 0 Å². The Morgan fingerprint density at radius 1 is 1.06 bits per heavy atom. The molecule has 18 heavy (non-hydrogen) atoms. The van der Waals surface area contributed by atoms with Crippen molar-refractivity contribution < 1.29 is 4.74 Å². The standard InChI is InChI=1S/C15H21NOS/c1-3-14(17-15-6-9-18-10-7-15)4-2-12(1)13-5-8-16-11-13/h1-4,13,15-16H,5-11H2. The van der Waals surface area contributed by atoms with E-state index >= 15 is 0 Å². The Morgan fingerprint density at radius 2 is 1.83 bits per heavy atom. The third-order valence-electron chi connectivity index (χ3n) is 3.88. The van der Waals surface area contributed by atoms with E-state index < -0.39 is 0 Å². The van der Waals surface area contributed by atoms with Crippen LogP contribution in [0.5, 0.6) is 5.75 Å². The maximum Gasteiger partial charge on any atom is 0.119 e. The van der Waals surface area contributed by atoms with Gasteiger partial charge in [0.1, 0.15) is 11.9 Å². The van der Waals surface area contributed by atoms with E-state index in [1.807, 2.05) is 11.8 Å². The predicted molar refractivity (Wildman–Crippen MR) is 77.6 cm³/mol. The molecule has 3 heteroatoms. The molecule has 2 saturated heterocycles. The van der Waals surface area contributed by atoms with Crippen molar-refractivity contribution in [1.82, 2.24) is 5.32 Å². The zero-order valence-corrected chi connectivity index (χ0v) is 11.5. The summed E-state index contributed by atoms with van der Waals surface area (Å²) in [5.41, 5.74) is 1.45. The Hall–Kier alpha value is -0.670. The number of nitrogens with one attached hydrogen (secondary N) is 1. The molecule has 2 aliphatic heterocycles. The Bertz CT molecular complexity index is 367. The molecule has 0 bridgehead atoms. The fraction of sp³-hybridized carbons (Fsp3) is 0.600. The topological polar surface area (TPSA) is 21.3 Å². The third kappa shape index (κ3) is 3.01. The first kappa shape index (κ1) is 12.4. The number of rotatable bonds is 3. The monoisotopic (exact) mass is 263 g/mol. The summed E-state index contributed by atoms with van der Waals surface area (Å²) >= 11 is 2.04. The summed E-state index contributed by atoms with van der Waals surface area (Å²) in [6.07, 6.45) is 4.09. The zero-order valence-electron chi connectivity index (χ0n) is 10.7. The molecular weight excluding hydrogens is 242 g/mol. The van der Waals surface area contributed by atoms with Crippen LogP contribution in [0.25, 0.3) is 0 Å². The largest absolute Gasteiger partial charge is 0.490 e. The van der Waals surface area contributed by atoms with Gasteiger partial charge < -0.3 is 10.1 Å². The Morgan fingerprint density at radius 3 is 2.50 bits per heavy atom. The predicted octanol–water partition coefficient (Wildman–Crippen LogP) is 3.04. The van der Waals surface area contributed by atoms with Gasteiger partial charge in [0.2, 0.25) is 0 Å². The first-order valence-electron chi connectivity index (χ1n) is 6.97. The van der Waals surface area contributed by atoms with Gasteiger partial charge in [0.15, 0.2) is 0 Å². The number of benzene rings is 1. The molecule has 98 valence electrons. The third-order valence-corrected chi connectivity index (χ3v) is 4.93. The van der Waals surface area contributed by atoms with E-state index in [1.165, 1.54) is 36.3 Å². The summed E-state index contributed by atoms with van der Waals surface area (Å²) in [7, 11) is 0. The SMILES string of the molecule is c1cc(C2CCNC2)ccc1OC1CCSCC1. The quantitative estimate of drug-likeness (QED) is 0.905. The minimum atomic E-state index is 0.435. The average molecular weight is 263 g/mol. The van der Waals surface area contributed by atoms with Crippen LogP contribution < -0.4 is 10.1 Å². The smallest absolute Gasteiger partial charge is 0.119 e. The van der Waals surface area contributed by atoms with Crippen molar-refractivity contribution in [1.29, 1.82) is 0 Å². The molecule has 1 aromatic rings. The summed E-state index contributed by atoms with van der Waals surface area (Å²) < 4.78 is 6.04. The highest BCUT2D eigenvalue weighted by atomic mass is 32.2. The van der Waals surface area contributed by atoms with E-state index in [1.54, 1.807) is 0 Å². The first-order chi connectivity index (χ1) is 8.92. The molecule has 0 spiro atoms. The van der Waals surface area contributed by atoms with Crippen molar-refractivity contribution >= 4 is 11.8 Å². The van der Waals surface area contributed by atoms with Crippen molar-refractivity contribution in [3.05, 3.63) is 29.8 Å². The molecule has 1 unspecified atom stereocenters. The fourth-order valence-electron chi connectivity index (χ4n) is 2.74. The van der Waals surface area contributed by atoms with Crippen LogP contribution in [0.2, 0.25) is 0 Å². The van der Waals surface area contributed by atoms with Crippen LogP contribution in [-0.2, 0) is 0 Å². The molecule has 3 rings (SSSR count). The summed E-state index contributed by atoms with van der Waals surface area (Å²) in [4.78, 5) is 0. The zero-order chi connectivity index (χ0) is 12.2. The number of thioether (sulfide) groups is 1. The highest BCUT2D eigenvalue weighted by Gasteiger charge is 2.17. The van der Waals surface area contributed by atoms with Gasteiger partial charge in [0, 0.05) is 6.54 Å². The molecule has 2 nitrogen and oxygen atoms in total. The van der Waals surface area contributed by atoms with Crippen molar-refractivity contribution in [3.8, 4) is 5.75 Å². The molecule has 0 aromatic heterocycles. The summed E-state index contributed by atoms with van der Waals surface area (Å²) in [6.45, 7) is 2.28. The van der Waals surface area contributed by atoms with Gasteiger partial charge in [0.25, 0.3) is 0 Å². The van der Waals surface area contributed by atoms with Gasteiger partial charge in [-0.25, -0.2) is 0 Å². The first-order valence-corrected chi connectivity index (χ1v) is 8.12. The highest BCUT2D eigenvalue weighted by molar-refractivity contribution is 7.99. The van der Waals surface area contributed by atoms with E-state index in [4.69, 9.17) is 4.74 Å². The molecular formula is C15H21NOS. The normalized spacial score (nSPS) is 25.2. The molecule has 1 N–H and O–H groups in total. The van der Waals surface area contributed by atoms with Crippen molar-refractivity contribution in [2.75, 3.05) is 24.6 Å². The van der Waals surface area contributed by atoms with Gasteiger partial charge in [-0.15, -0.1) is 0 Å². The second-order valence-corrected chi connectivity index (χ2v) is 6.41. The highest BCUT2D eigenvalue weighted by Crippen LogP contribution is 2.26. The van der Waals surface area contributed by atoms with Gasteiger partial charge in [-0.1, -0.05) is 12.1 Å². The summed E-state index contributed by atoms with van der Waals surface area (Å²) in [5.74, 6) is 4.24. The van der Waals surface area contributed by atoms with E-state index in [2.05, 4.69) is 29.6 Å². The van der Waals surface area contributed by atoms with Crippen molar-refractivity contribution in [3.63, 3.8) is 0 Å². The summed E-state index contributed by atoms with van der Waals surface area (Å²) in [5, 5.41) is 3.42. The van der Waals surface area contributed by atoms with Gasteiger partial charge in [-0.05, 0) is 60.9 Å². The second-order valence-electron chi connectivity index (χ2n) is 5.19. The molecule has 2 fully saturated rings. The van der Waals surface area contributed by atoms with Gasteiger partial charge >= 0.3 is 0 Å². The molecule has 0 saturated carbocycles. The van der Waals surface area contributed by atoms with Crippen LogP contribution in [-0.4, -0.2) is 30.7 Å². The lowest BCUT2D eigenvalue weighted by Crippen LogP contribution is -2.22. The molecule has 0 radical (unpaired) electrons. The fourth-order valence-corrected chi connectivity index (χ4v) is 3.81. The Balaban J connectivity index is 1.59. The molecule has 0 amide bonds. The van der Waals surface area contributed by atoms with E-state index in [9.17, 15) is 0 Å². The number of hydrogen-bond donors (Lipinski definition) is 1. The maximum absolute atomic E-state index is 6.04. The number of ether oxygens (including phenoxy) is 1. The average Bonchev–Trinajstić information content (AvgIpc) is 2.95. The van der Waals surface area contributed by atoms with Crippen LogP contribution in [0, 0.1) is 0 Å². The van der Waals surface area contributed by atoms with Crippen molar-refractivity contribution in [2.45, 2.75) is 31.3 Å². The van der Waals surface area contributed by atoms with Gasteiger partial charge in [-0.3, -0.25) is 0 Å². The van der Waals surface area contributed by atoms with Gasteiger partial charge in [0.05, 0.1) is 0 Å². The van der Waals surface area contributed by atoms with Crippen LogP contribution in [0.4, 0.5) is 0 Å². The second kappa shape index (κ2) is 5.98. The molecule has 2 heterocycles. The maximum atomic E-state index is 6.04. The molecule has 2 aliphatic rings. The molecule has 1 aromatic carbocycles. The molecule has 1 atom stereocenters. The minimum absolute atomic E-state index is 0.435. The number of hydrogen-bond acceptors (Lipinski definition) is 3. The summed E-state index contributed by atoms with van der Waals surface area (Å²) in [6, 6.07) is 8.78. The Kier molecular flexibility index (Phi) is 4.11. The van der Waals surface area contributed by atoms with E-state index in [-0.39, 0.29) is 0 Å². The minimum Gasteiger partial charge on any atom is -0.490 e. The van der Waals surface area contributed by atoms with Crippen molar-refractivity contribution in [2.24, 2.45) is 0 Å². The van der Waals surface area contributed by atoms with Crippen LogP contribution in [0.1, 0.15) is 30.7 Å². The van der Waals surface area contributed by atoms with Crippen LogP contribution >= 0.6 is 11.8 Å².